The Bertz CT molecular complexity index is 440. The van der Waals surface area contributed by atoms with Gasteiger partial charge >= 0.3 is 0 Å². The van der Waals surface area contributed by atoms with E-state index in [-0.39, 0.29) is 0 Å². The molecule has 94 valence electrons. The van der Waals surface area contributed by atoms with Crippen LogP contribution in [0.1, 0.15) is 38.7 Å². The van der Waals surface area contributed by atoms with Gasteiger partial charge in [-0.25, -0.2) is 0 Å². The van der Waals surface area contributed by atoms with Crippen molar-refractivity contribution in [3.8, 4) is 11.8 Å². The highest BCUT2D eigenvalue weighted by molar-refractivity contribution is 5.36. The molecule has 1 aromatic rings. The zero-order chi connectivity index (χ0) is 13.2. The lowest BCUT2D eigenvalue weighted by molar-refractivity contribution is 0.605. The van der Waals surface area contributed by atoms with Crippen molar-refractivity contribution in [2.24, 2.45) is 5.92 Å². The molecule has 0 nitrogen and oxygen atoms in total. The second-order valence-electron chi connectivity index (χ2n) is 4.82. The van der Waals surface area contributed by atoms with Gasteiger partial charge in [-0.05, 0) is 50.3 Å². The number of hydrogen-bond donors (Lipinski definition) is 0. The molecular formula is C18H22. The molecule has 1 atom stereocenters. The first-order valence-corrected chi connectivity index (χ1v) is 6.56. The van der Waals surface area contributed by atoms with Crippen molar-refractivity contribution in [2.45, 2.75) is 33.1 Å². The highest BCUT2D eigenvalue weighted by Gasteiger charge is 1.96. The van der Waals surface area contributed by atoms with Crippen LogP contribution < -0.4 is 0 Å². The molecule has 0 aliphatic heterocycles. The molecule has 0 unspecified atom stereocenters. The molecule has 0 aliphatic carbocycles. The Kier molecular flexibility index (Phi) is 6.66. The van der Waals surface area contributed by atoms with Gasteiger partial charge in [0.1, 0.15) is 0 Å². The van der Waals surface area contributed by atoms with E-state index in [9.17, 15) is 0 Å². The fraction of sp³-hybridized carbons (Fsp3) is 0.333. The van der Waals surface area contributed by atoms with Crippen molar-refractivity contribution in [1.82, 2.24) is 0 Å². The minimum atomic E-state index is 0.592. The second-order valence-corrected chi connectivity index (χ2v) is 4.82. The lowest BCUT2D eigenvalue weighted by Crippen LogP contribution is -1.89. The number of hydrogen-bond acceptors (Lipinski definition) is 0. The van der Waals surface area contributed by atoms with Crippen molar-refractivity contribution in [3.05, 3.63) is 60.2 Å². The van der Waals surface area contributed by atoms with Crippen LogP contribution in [-0.4, -0.2) is 0 Å². The third-order valence-electron chi connectivity index (χ3n) is 2.76. The second kappa shape index (κ2) is 8.37. The Balaban J connectivity index is 2.32. The summed E-state index contributed by atoms with van der Waals surface area (Å²) in [4.78, 5) is 0. The van der Waals surface area contributed by atoms with E-state index in [0.717, 1.165) is 12.0 Å². The quantitative estimate of drug-likeness (QED) is 0.501. The third kappa shape index (κ3) is 6.76. The summed E-state index contributed by atoms with van der Waals surface area (Å²) < 4.78 is 0. The molecule has 1 aromatic carbocycles. The summed E-state index contributed by atoms with van der Waals surface area (Å²) in [6.07, 6.45) is 7.71. The van der Waals surface area contributed by atoms with Gasteiger partial charge in [0.15, 0.2) is 0 Å². The molecule has 0 spiro atoms. The van der Waals surface area contributed by atoms with Gasteiger partial charge in [-0.3, -0.25) is 0 Å². The molecule has 0 N–H and O–H groups in total. The maximum Gasteiger partial charge on any atom is 0.0248 e. The van der Waals surface area contributed by atoms with E-state index in [1.165, 1.54) is 18.4 Å². The Morgan fingerprint density at radius 2 is 2.06 bits per heavy atom. The van der Waals surface area contributed by atoms with Crippen LogP contribution in [0.25, 0.3) is 0 Å². The number of rotatable bonds is 5. The first-order chi connectivity index (χ1) is 8.68. The minimum absolute atomic E-state index is 0.592. The van der Waals surface area contributed by atoms with Crippen LogP contribution in [0, 0.1) is 17.8 Å². The van der Waals surface area contributed by atoms with E-state index < -0.39 is 0 Å². The van der Waals surface area contributed by atoms with E-state index in [1.54, 1.807) is 0 Å². The molecule has 0 aliphatic rings. The Morgan fingerprint density at radius 3 is 2.72 bits per heavy atom. The van der Waals surface area contributed by atoms with Gasteiger partial charge < -0.3 is 0 Å². The van der Waals surface area contributed by atoms with Crippen LogP contribution in [0.5, 0.6) is 0 Å². The van der Waals surface area contributed by atoms with Gasteiger partial charge in [-0.1, -0.05) is 48.6 Å². The molecule has 1 rings (SSSR count). The average molecular weight is 238 g/mol. The molecule has 0 amide bonds. The van der Waals surface area contributed by atoms with E-state index >= 15 is 0 Å². The summed E-state index contributed by atoms with van der Waals surface area (Å²) in [7, 11) is 0. The fourth-order valence-corrected chi connectivity index (χ4v) is 1.68. The smallest absolute Gasteiger partial charge is 0.0248 e. The van der Waals surface area contributed by atoms with Gasteiger partial charge in [0.2, 0.25) is 0 Å². The maximum atomic E-state index is 3.92. The summed E-state index contributed by atoms with van der Waals surface area (Å²) in [5.41, 5.74) is 2.34. The highest BCUT2D eigenvalue weighted by atomic mass is 14.0. The van der Waals surface area contributed by atoms with Crippen LogP contribution in [0.3, 0.4) is 0 Å². The topological polar surface area (TPSA) is 0 Å². The highest BCUT2D eigenvalue weighted by Crippen LogP contribution is 2.11. The number of benzene rings is 1. The van der Waals surface area contributed by atoms with Gasteiger partial charge in [0, 0.05) is 5.56 Å². The van der Waals surface area contributed by atoms with Crippen LogP contribution in [-0.2, 0) is 0 Å². The van der Waals surface area contributed by atoms with Gasteiger partial charge in [-0.15, -0.1) is 6.58 Å². The molecular weight excluding hydrogens is 216 g/mol. The van der Waals surface area contributed by atoms with Crippen molar-refractivity contribution in [2.75, 3.05) is 0 Å². The molecule has 0 saturated heterocycles. The molecule has 0 fully saturated rings. The van der Waals surface area contributed by atoms with Gasteiger partial charge in [-0.2, -0.15) is 0 Å². The summed E-state index contributed by atoms with van der Waals surface area (Å²) in [5, 5.41) is 0. The van der Waals surface area contributed by atoms with Gasteiger partial charge in [0.05, 0.1) is 0 Å². The molecule has 0 heteroatoms. The first kappa shape index (κ1) is 14.3. The zero-order valence-electron chi connectivity index (χ0n) is 11.4. The fourth-order valence-electron chi connectivity index (χ4n) is 1.68. The van der Waals surface area contributed by atoms with E-state index in [4.69, 9.17) is 0 Å². The molecule has 18 heavy (non-hydrogen) atoms. The Labute approximate surface area is 111 Å². The average Bonchev–Trinajstić information content (AvgIpc) is 2.35. The van der Waals surface area contributed by atoms with Crippen molar-refractivity contribution in [1.29, 1.82) is 0 Å². The minimum Gasteiger partial charge on any atom is -0.100 e. The molecule has 0 heterocycles. The van der Waals surface area contributed by atoms with Crippen molar-refractivity contribution in [3.63, 3.8) is 0 Å². The van der Waals surface area contributed by atoms with Crippen molar-refractivity contribution < 1.29 is 0 Å². The summed E-state index contributed by atoms with van der Waals surface area (Å²) in [6.45, 7) is 8.24. The van der Waals surface area contributed by atoms with E-state index in [1.807, 2.05) is 36.4 Å². The standard InChI is InChI=1S/C18H22/c1-16(2)10-9-12-17(3)11-7-8-15-18-13-5-4-6-14-18/h4-7,11,13-14,17H,1,9-10,12H2,2-3H3/b11-7-/t17-/m1/s1. The number of allylic oxidation sites excluding steroid dienone is 3. The lowest BCUT2D eigenvalue weighted by Gasteiger charge is -2.04. The predicted octanol–water partition coefficient (Wildman–Crippen LogP) is 4.98. The maximum absolute atomic E-state index is 3.92. The Hall–Kier alpha value is -1.74. The van der Waals surface area contributed by atoms with Crippen LogP contribution in [0.2, 0.25) is 0 Å². The van der Waals surface area contributed by atoms with Crippen molar-refractivity contribution >= 4 is 0 Å². The summed E-state index contributed by atoms with van der Waals surface area (Å²) >= 11 is 0. The SMILES string of the molecule is C=C(C)CCC[C@H](C)/C=C\C#Cc1ccccc1. The van der Waals surface area contributed by atoms with E-state index in [0.29, 0.717) is 5.92 Å². The third-order valence-corrected chi connectivity index (χ3v) is 2.76. The predicted molar refractivity (Wildman–Crippen MR) is 80.3 cm³/mol. The summed E-state index contributed by atoms with van der Waals surface area (Å²) in [6, 6.07) is 10.1. The molecule has 0 bridgehead atoms. The largest absolute Gasteiger partial charge is 0.100 e. The monoisotopic (exact) mass is 238 g/mol. The molecule has 0 radical (unpaired) electrons. The van der Waals surface area contributed by atoms with Crippen LogP contribution in [0.4, 0.5) is 0 Å². The van der Waals surface area contributed by atoms with E-state index in [2.05, 4.69) is 38.3 Å². The molecule has 0 aromatic heterocycles. The van der Waals surface area contributed by atoms with Crippen LogP contribution in [0.15, 0.2) is 54.6 Å². The Morgan fingerprint density at radius 1 is 1.33 bits per heavy atom. The molecule has 0 saturated carbocycles. The van der Waals surface area contributed by atoms with Gasteiger partial charge in [0.25, 0.3) is 0 Å². The first-order valence-electron chi connectivity index (χ1n) is 6.56. The lowest BCUT2D eigenvalue weighted by atomic mass is 10.0. The van der Waals surface area contributed by atoms with Crippen LogP contribution >= 0.6 is 0 Å². The normalized spacial score (nSPS) is 11.9. The zero-order valence-corrected chi connectivity index (χ0v) is 11.4. The summed E-state index contributed by atoms with van der Waals surface area (Å²) in [5.74, 6) is 6.80.